The number of aryl methyl sites for hydroxylation is 1. The molecule has 4 rings (SSSR count). The van der Waals surface area contributed by atoms with Gasteiger partial charge < -0.3 is 9.64 Å². The van der Waals surface area contributed by atoms with E-state index in [0.29, 0.717) is 32.6 Å². The Kier molecular flexibility index (Phi) is 6.55. The van der Waals surface area contributed by atoms with E-state index < -0.39 is 0 Å². The third kappa shape index (κ3) is 4.67. The summed E-state index contributed by atoms with van der Waals surface area (Å²) in [4.78, 5) is 28.9. The number of amides is 2. The van der Waals surface area contributed by atoms with Crippen molar-refractivity contribution < 1.29 is 14.3 Å². The molecule has 2 amide bonds. The van der Waals surface area contributed by atoms with E-state index in [9.17, 15) is 9.59 Å². The van der Waals surface area contributed by atoms with Gasteiger partial charge in [0, 0.05) is 45.1 Å². The zero-order chi connectivity index (χ0) is 22.7. The number of benzene rings is 2. The lowest BCUT2D eigenvalue weighted by Gasteiger charge is -2.34. The Morgan fingerprint density at radius 2 is 1.72 bits per heavy atom. The lowest BCUT2D eigenvalue weighted by molar-refractivity contribution is -0.135. The Bertz CT molecular complexity index is 1010. The predicted molar refractivity (Wildman–Crippen MR) is 124 cm³/mol. The largest absolute Gasteiger partial charge is 0.496 e. The first-order valence-electron chi connectivity index (χ1n) is 11.0. The second kappa shape index (κ2) is 9.53. The maximum absolute atomic E-state index is 13.4. The standard InChI is InChI=1S/C25H30N4O3/c1-18-8-10-20(11-9-18)23-16-22(21-6-4-5-7-24(21)32-3)26-29(23)25(31)17-27-12-14-28(15-13-27)19(2)30/h4-11,23H,12-17H2,1-3H3/t23-/m0/s1. The average molecular weight is 435 g/mol. The zero-order valence-electron chi connectivity index (χ0n) is 19.0. The number of ether oxygens (including phenoxy) is 1. The predicted octanol–water partition coefficient (Wildman–Crippen LogP) is 2.85. The minimum Gasteiger partial charge on any atom is -0.496 e. The van der Waals surface area contributed by atoms with Crippen molar-refractivity contribution in [3.8, 4) is 5.75 Å². The molecule has 0 saturated carbocycles. The molecule has 2 aromatic rings. The van der Waals surface area contributed by atoms with Crippen LogP contribution in [0.3, 0.4) is 0 Å². The van der Waals surface area contributed by atoms with Crippen LogP contribution in [-0.2, 0) is 9.59 Å². The molecule has 2 heterocycles. The summed E-state index contributed by atoms with van der Waals surface area (Å²) in [6, 6.07) is 15.9. The topological polar surface area (TPSA) is 65.5 Å². The van der Waals surface area contributed by atoms with E-state index >= 15 is 0 Å². The van der Waals surface area contributed by atoms with E-state index in [1.165, 1.54) is 5.56 Å². The smallest absolute Gasteiger partial charge is 0.257 e. The van der Waals surface area contributed by atoms with Crippen LogP contribution in [-0.4, -0.2) is 72.2 Å². The van der Waals surface area contributed by atoms with Gasteiger partial charge in [0.25, 0.3) is 5.91 Å². The molecule has 2 aliphatic heterocycles. The molecule has 0 bridgehead atoms. The minimum absolute atomic E-state index is 0.0308. The van der Waals surface area contributed by atoms with Gasteiger partial charge in [0.05, 0.1) is 25.4 Å². The van der Waals surface area contributed by atoms with Crippen molar-refractivity contribution >= 4 is 17.5 Å². The van der Waals surface area contributed by atoms with Crippen molar-refractivity contribution in [3.05, 3.63) is 65.2 Å². The number of piperazine rings is 1. The van der Waals surface area contributed by atoms with Gasteiger partial charge in [-0.25, -0.2) is 5.01 Å². The lowest BCUT2D eigenvalue weighted by atomic mass is 9.97. The molecular weight excluding hydrogens is 404 g/mol. The van der Waals surface area contributed by atoms with Crippen LogP contribution in [0.5, 0.6) is 5.75 Å². The van der Waals surface area contributed by atoms with E-state index in [1.807, 2.05) is 29.2 Å². The van der Waals surface area contributed by atoms with E-state index in [-0.39, 0.29) is 24.4 Å². The zero-order valence-corrected chi connectivity index (χ0v) is 19.0. The molecule has 32 heavy (non-hydrogen) atoms. The highest BCUT2D eigenvalue weighted by Gasteiger charge is 2.35. The molecule has 0 radical (unpaired) electrons. The quantitative estimate of drug-likeness (QED) is 0.726. The molecule has 2 aromatic carbocycles. The number of methoxy groups -OCH3 is 1. The van der Waals surface area contributed by atoms with E-state index in [2.05, 4.69) is 36.1 Å². The van der Waals surface area contributed by atoms with Crippen LogP contribution in [0.4, 0.5) is 0 Å². The molecule has 1 atom stereocenters. The molecular formula is C25H30N4O3. The van der Waals surface area contributed by atoms with Crippen LogP contribution in [0.1, 0.15) is 36.1 Å². The fraction of sp³-hybridized carbons (Fsp3) is 0.400. The van der Waals surface area contributed by atoms with Crippen molar-refractivity contribution in [2.75, 3.05) is 39.8 Å². The first kappa shape index (κ1) is 22.0. The van der Waals surface area contributed by atoms with Gasteiger partial charge in [0.1, 0.15) is 5.75 Å². The van der Waals surface area contributed by atoms with Gasteiger partial charge in [0.2, 0.25) is 5.91 Å². The Morgan fingerprint density at radius 1 is 1.03 bits per heavy atom. The van der Waals surface area contributed by atoms with Crippen LogP contribution in [0, 0.1) is 6.92 Å². The Hall–Kier alpha value is -3.19. The molecule has 0 spiro atoms. The average Bonchev–Trinajstić information content (AvgIpc) is 3.25. The summed E-state index contributed by atoms with van der Waals surface area (Å²) in [5.41, 5.74) is 4.01. The molecule has 0 aromatic heterocycles. The van der Waals surface area contributed by atoms with E-state index in [0.717, 1.165) is 22.6 Å². The number of para-hydroxylation sites is 1. The van der Waals surface area contributed by atoms with Crippen LogP contribution in [0.15, 0.2) is 53.6 Å². The number of rotatable bonds is 5. The summed E-state index contributed by atoms with van der Waals surface area (Å²) in [6.07, 6.45) is 0.632. The number of nitrogens with zero attached hydrogens (tertiary/aromatic N) is 4. The monoisotopic (exact) mass is 434 g/mol. The van der Waals surface area contributed by atoms with Crippen LogP contribution in [0.25, 0.3) is 0 Å². The van der Waals surface area contributed by atoms with Gasteiger partial charge in [-0.05, 0) is 24.6 Å². The van der Waals surface area contributed by atoms with Gasteiger partial charge in [-0.2, -0.15) is 5.10 Å². The Labute approximate surface area is 189 Å². The number of carbonyl (C=O) groups is 2. The van der Waals surface area contributed by atoms with Gasteiger partial charge in [-0.1, -0.05) is 42.0 Å². The van der Waals surface area contributed by atoms with Crippen molar-refractivity contribution in [1.29, 1.82) is 0 Å². The fourth-order valence-electron chi connectivity index (χ4n) is 4.32. The molecule has 0 aliphatic carbocycles. The van der Waals surface area contributed by atoms with Gasteiger partial charge in [0.15, 0.2) is 0 Å². The highest BCUT2D eigenvalue weighted by molar-refractivity contribution is 6.05. The van der Waals surface area contributed by atoms with Gasteiger partial charge in [-0.3, -0.25) is 14.5 Å². The van der Waals surface area contributed by atoms with E-state index in [4.69, 9.17) is 9.84 Å². The lowest BCUT2D eigenvalue weighted by Crippen LogP contribution is -2.50. The Balaban J connectivity index is 1.56. The van der Waals surface area contributed by atoms with Crippen molar-refractivity contribution in [2.24, 2.45) is 5.10 Å². The summed E-state index contributed by atoms with van der Waals surface area (Å²) in [6.45, 7) is 6.62. The summed E-state index contributed by atoms with van der Waals surface area (Å²) in [5, 5.41) is 6.43. The third-order valence-electron chi connectivity index (χ3n) is 6.22. The van der Waals surface area contributed by atoms with Gasteiger partial charge in [-0.15, -0.1) is 0 Å². The molecule has 7 heteroatoms. The van der Waals surface area contributed by atoms with Crippen LogP contribution in [0.2, 0.25) is 0 Å². The minimum atomic E-state index is -0.151. The highest BCUT2D eigenvalue weighted by Crippen LogP contribution is 2.35. The third-order valence-corrected chi connectivity index (χ3v) is 6.22. The molecule has 0 N–H and O–H groups in total. The normalized spacial score (nSPS) is 19.1. The fourth-order valence-corrected chi connectivity index (χ4v) is 4.32. The first-order valence-corrected chi connectivity index (χ1v) is 11.0. The molecule has 1 fully saturated rings. The molecule has 2 aliphatic rings. The Morgan fingerprint density at radius 3 is 2.38 bits per heavy atom. The maximum Gasteiger partial charge on any atom is 0.257 e. The molecule has 168 valence electrons. The summed E-state index contributed by atoms with van der Waals surface area (Å²) in [5.74, 6) is 0.807. The number of carbonyl (C=O) groups excluding carboxylic acids is 2. The van der Waals surface area contributed by atoms with E-state index in [1.54, 1.807) is 19.0 Å². The van der Waals surface area contributed by atoms with Crippen molar-refractivity contribution in [3.63, 3.8) is 0 Å². The summed E-state index contributed by atoms with van der Waals surface area (Å²) >= 11 is 0. The summed E-state index contributed by atoms with van der Waals surface area (Å²) in [7, 11) is 1.65. The number of hydrazone groups is 1. The number of hydrogen-bond donors (Lipinski definition) is 0. The second-order valence-corrected chi connectivity index (χ2v) is 8.40. The van der Waals surface area contributed by atoms with Crippen molar-refractivity contribution in [2.45, 2.75) is 26.3 Å². The molecule has 7 nitrogen and oxygen atoms in total. The SMILES string of the molecule is COc1ccccc1C1=NN(C(=O)CN2CCN(C(C)=O)CC2)[C@H](c2ccc(C)cc2)C1. The van der Waals surface area contributed by atoms with Crippen LogP contribution < -0.4 is 4.74 Å². The summed E-state index contributed by atoms with van der Waals surface area (Å²) < 4.78 is 5.54. The first-order chi connectivity index (χ1) is 15.5. The molecule has 1 saturated heterocycles. The second-order valence-electron chi connectivity index (χ2n) is 8.40. The highest BCUT2D eigenvalue weighted by atomic mass is 16.5. The maximum atomic E-state index is 13.4. The van der Waals surface area contributed by atoms with Crippen molar-refractivity contribution in [1.82, 2.24) is 14.8 Å². The van der Waals surface area contributed by atoms with Crippen LogP contribution >= 0.6 is 0 Å². The number of hydrogen-bond acceptors (Lipinski definition) is 5. The molecule has 0 unspecified atom stereocenters. The van der Waals surface area contributed by atoms with Gasteiger partial charge >= 0.3 is 0 Å².